The van der Waals surface area contributed by atoms with E-state index in [4.69, 9.17) is 22.1 Å². The summed E-state index contributed by atoms with van der Waals surface area (Å²) in [6, 6.07) is 6.67. The second-order valence-corrected chi connectivity index (χ2v) is 5.15. The summed E-state index contributed by atoms with van der Waals surface area (Å²) in [5, 5.41) is 6.00. The van der Waals surface area contributed by atoms with E-state index < -0.39 is 11.4 Å². The van der Waals surface area contributed by atoms with Crippen LogP contribution in [-0.4, -0.2) is 38.6 Å². The molecule has 0 spiro atoms. The molecule has 1 rings (SSSR count). The van der Waals surface area contributed by atoms with E-state index in [0.29, 0.717) is 23.7 Å². The molecule has 1 atom stereocenters. The molecule has 7 heteroatoms. The largest absolute Gasteiger partial charge is 0.383 e. The van der Waals surface area contributed by atoms with Crippen LogP contribution >= 0.6 is 11.6 Å². The van der Waals surface area contributed by atoms with Crippen LogP contribution in [0.5, 0.6) is 0 Å². The number of amides is 2. The van der Waals surface area contributed by atoms with Crippen LogP contribution in [0.25, 0.3) is 0 Å². The number of halogens is 1. The summed E-state index contributed by atoms with van der Waals surface area (Å²) in [6.07, 6.45) is 0. The minimum atomic E-state index is -1.31. The van der Waals surface area contributed by atoms with Gasteiger partial charge in [-0.2, -0.15) is 0 Å². The Morgan fingerprint density at radius 2 is 2.14 bits per heavy atom. The molecule has 6 nitrogen and oxygen atoms in total. The van der Waals surface area contributed by atoms with Gasteiger partial charge in [-0.3, -0.25) is 9.59 Å². The predicted molar refractivity (Wildman–Crippen MR) is 80.9 cm³/mol. The van der Waals surface area contributed by atoms with Gasteiger partial charge in [0.1, 0.15) is 5.54 Å². The molecule has 1 unspecified atom stereocenters. The van der Waals surface area contributed by atoms with Gasteiger partial charge in [0, 0.05) is 18.7 Å². The van der Waals surface area contributed by atoms with Crippen LogP contribution in [0.4, 0.5) is 0 Å². The maximum Gasteiger partial charge on any atom is 0.247 e. The van der Waals surface area contributed by atoms with Gasteiger partial charge in [-0.05, 0) is 24.6 Å². The number of primary amides is 1. The van der Waals surface area contributed by atoms with E-state index in [0.717, 1.165) is 0 Å². The fourth-order valence-electron chi connectivity index (χ4n) is 1.77. The summed E-state index contributed by atoms with van der Waals surface area (Å²) >= 11 is 5.92. The number of rotatable bonds is 8. The molecule has 1 aromatic rings. The van der Waals surface area contributed by atoms with Gasteiger partial charge in [0.2, 0.25) is 11.8 Å². The molecule has 2 amide bonds. The van der Waals surface area contributed by atoms with Crippen LogP contribution in [-0.2, 0) is 19.9 Å². The quantitative estimate of drug-likeness (QED) is 0.605. The molecular weight excluding hydrogens is 294 g/mol. The molecular formula is C14H20ClN3O3. The highest BCUT2D eigenvalue weighted by Crippen LogP contribution is 2.23. The third-order valence-corrected chi connectivity index (χ3v) is 3.29. The Labute approximate surface area is 129 Å². The number of hydrogen-bond acceptors (Lipinski definition) is 4. The van der Waals surface area contributed by atoms with Crippen molar-refractivity contribution in [3.63, 3.8) is 0 Å². The van der Waals surface area contributed by atoms with Gasteiger partial charge in [0.05, 0.1) is 13.2 Å². The van der Waals surface area contributed by atoms with Crippen LogP contribution in [0.2, 0.25) is 5.02 Å². The molecule has 0 aliphatic rings. The first kappa shape index (κ1) is 17.4. The van der Waals surface area contributed by atoms with E-state index in [9.17, 15) is 9.59 Å². The highest BCUT2D eigenvalue weighted by Gasteiger charge is 2.34. The van der Waals surface area contributed by atoms with Crippen molar-refractivity contribution >= 4 is 23.4 Å². The van der Waals surface area contributed by atoms with Gasteiger partial charge in [-0.25, -0.2) is 0 Å². The van der Waals surface area contributed by atoms with E-state index in [1.54, 1.807) is 38.3 Å². The number of methoxy groups -OCH3 is 1. The SMILES string of the molecule is COCCNCC(=O)NC(C)(C(N)=O)c1cccc(Cl)c1. The molecule has 0 saturated heterocycles. The average molecular weight is 314 g/mol. The van der Waals surface area contributed by atoms with Crippen LogP contribution in [0.1, 0.15) is 12.5 Å². The van der Waals surface area contributed by atoms with Crippen molar-refractivity contribution in [1.29, 1.82) is 0 Å². The zero-order chi connectivity index (χ0) is 15.9. The Kier molecular flexibility index (Phi) is 6.61. The third kappa shape index (κ3) is 5.00. The second-order valence-electron chi connectivity index (χ2n) is 4.72. The van der Waals surface area contributed by atoms with Gasteiger partial charge in [-0.1, -0.05) is 23.7 Å². The monoisotopic (exact) mass is 313 g/mol. The maximum absolute atomic E-state index is 11.9. The molecule has 0 aromatic heterocycles. The summed E-state index contributed by atoms with van der Waals surface area (Å²) in [6.45, 7) is 2.64. The third-order valence-electron chi connectivity index (χ3n) is 3.05. The molecule has 1 aromatic carbocycles. The van der Waals surface area contributed by atoms with Crippen LogP contribution in [0, 0.1) is 0 Å². The number of nitrogens with one attached hydrogen (secondary N) is 2. The molecule has 0 aliphatic heterocycles. The molecule has 116 valence electrons. The lowest BCUT2D eigenvalue weighted by atomic mass is 9.91. The van der Waals surface area contributed by atoms with Crippen LogP contribution in [0.15, 0.2) is 24.3 Å². The molecule has 4 N–H and O–H groups in total. The number of ether oxygens (including phenoxy) is 1. The van der Waals surface area contributed by atoms with Crippen molar-refractivity contribution in [3.8, 4) is 0 Å². The van der Waals surface area contributed by atoms with Crippen molar-refractivity contribution in [2.75, 3.05) is 26.8 Å². The van der Waals surface area contributed by atoms with Crippen molar-refractivity contribution < 1.29 is 14.3 Å². The van der Waals surface area contributed by atoms with Gasteiger partial charge in [0.15, 0.2) is 0 Å². The van der Waals surface area contributed by atoms with E-state index in [2.05, 4.69) is 10.6 Å². The van der Waals surface area contributed by atoms with Gasteiger partial charge in [0.25, 0.3) is 0 Å². The zero-order valence-corrected chi connectivity index (χ0v) is 12.9. The van der Waals surface area contributed by atoms with Crippen molar-refractivity contribution in [2.24, 2.45) is 5.73 Å². The van der Waals surface area contributed by atoms with Gasteiger partial charge >= 0.3 is 0 Å². The Balaban J connectivity index is 2.77. The summed E-state index contributed by atoms with van der Waals surface area (Å²) in [5.74, 6) is -0.998. The van der Waals surface area contributed by atoms with E-state index in [1.165, 1.54) is 0 Å². The minimum Gasteiger partial charge on any atom is -0.383 e. The highest BCUT2D eigenvalue weighted by atomic mass is 35.5. The Bertz CT molecular complexity index is 510. The minimum absolute atomic E-state index is 0.0623. The lowest BCUT2D eigenvalue weighted by Crippen LogP contribution is -2.54. The Morgan fingerprint density at radius 3 is 2.71 bits per heavy atom. The average Bonchev–Trinajstić information content (AvgIpc) is 2.43. The Hall–Kier alpha value is -1.63. The summed E-state index contributed by atoms with van der Waals surface area (Å²) < 4.78 is 4.86. The molecule has 0 bridgehead atoms. The van der Waals surface area contributed by atoms with Gasteiger partial charge < -0.3 is 21.1 Å². The fraction of sp³-hybridized carbons (Fsp3) is 0.429. The van der Waals surface area contributed by atoms with E-state index in [-0.39, 0.29) is 12.5 Å². The van der Waals surface area contributed by atoms with Gasteiger partial charge in [-0.15, -0.1) is 0 Å². The lowest BCUT2D eigenvalue weighted by molar-refractivity contribution is -0.131. The Morgan fingerprint density at radius 1 is 1.43 bits per heavy atom. The first-order valence-corrected chi connectivity index (χ1v) is 6.84. The van der Waals surface area contributed by atoms with Crippen LogP contribution < -0.4 is 16.4 Å². The maximum atomic E-state index is 11.9. The number of carbonyl (C=O) groups excluding carboxylic acids is 2. The number of benzene rings is 1. The van der Waals surface area contributed by atoms with E-state index in [1.807, 2.05) is 0 Å². The molecule has 0 fully saturated rings. The summed E-state index contributed by atoms with van der Waals surface area (Å²) in [4.78, 5) is 23.7. The second kappa shape index (κ2) is 7.97. The molecule has 21 heavy (non-hydrogen) atoms. The highest BCUT2D eigenvalue weighted by molar-refractivity contribution is 6.30. The lowest BCUT2D eigenvalue weighted by Gasteiger charge is -2.28. The van der Waals surface area contributed by atoms with Crippen molar-refractivity contribution in [2.45, 2.75) is 12.5 Å². The normalized spacial score (nSPS) is 13.5. The van der Waals surface area contributed by atoms with Crippen molar-refractivity contribution in [1.82, 2.24) is 10.6 Å². The van der Waals surface area contributed by atoms with Crippen LogP contribution in [0.3, 0.4) is 0 Å². The predicted octanol–water partition coefficient (Wildman–Crippen LogP) is 0.393. The summed E-state index contributed by atoms with van der Waals surface area (Å²) in [7, 11) is 1.57. The summed E-state index contributed by atoms with van der Waals surface area (Å²) in [5.41, 5.74) is 4.66. The number of hydrogen-bond donors (Lipinski definition) is 3. The first-order valence-electron chi connectivity index (χ1n) is 6.46. The topological polar surface area (TPSA) is 93.4 Å². The molecule has 0 radical (unpaired) electrons. The molecule has 0 aliphatic carbocycles. The zero-order valence-electron chi connectivity index (χ0n) is 12.1. The number of nitrogens with two attached hydrogens (primary N) is 1. The number of carbonyl (C=O) groups is 2. The fourth-order valence-corrected chi connectivity index (χ4v) is 1.96. The molecule has 0 heterocycles. The molecule has 0 saturated carbocycles. The standard InChI is InChI=1S/C14H20ClN3O3/c1-14(13(16)20,10-4-3-5-11(15)8-10)18-12(19)9-17-6-7-21-2/h3-5,8,17H,6-7,9H2,1-2H3,(H2,16,20)(H,18,19). The van der Waals surface area contributed by atoms with E-state index >= 15 is 0 Å². The van der Waals surface area contributed by atoms with Crippen molar-refractivity contribution in [3.05, 3.63) is 34.9 Å². The smallest absolute Gasteiger partial charge is 0.247 e. The first-order chi connectivity index (χ1) is 9.90.